The van der Waals surface area contributed by atoms with Crippen LogP contribution in [-0.2, 0) is 24.3 Å². The van der Waals surface area contributed by atoms with Gasteiger partial charge in [0.15, 0.2) is 4.90 Å². The molecular formula is C16H20N2O7S. The Morgan fingerprint density at radius 1 is 1.23 bits per heavy atom. The van der Waals surface area contributed by atoms with E-state index in [0.717, 1.165) is 18.6 Å². The number of hydrogen-bond acceptors (Lipinski definition) is 7. The maximum Gasteiger partial charge on any atom is 0.398 e. The lowest BCUT2D eigenvalue weighted by Gasteiger charge is -2.32. The molecule has 0 saturated heterocycles. The van der Waals surface area contributed by atoms with Crippen LogP contribution < -0.4 is 0 Å². The van der Waals surface area contributed by atoms with Crippen molar-refractivity contribution in [1.82, 2.24) is 4.31 Å². The van der Waals surface area contributed by atoms with Gasteiger partial charge in [0, 0.05) is 12.1 Å². The molecule has 1 amide bonds. The number of nitrogens with zero attached hydrogens (tertiary/aromatic N) is 2. The van der Waals surface area contributed by atoms with Gasteiger partial charge in [-0.05, 0) is 25.8 Å². The van der Waals surface area contributed by atoms with E-state index in [0.29, 0.717) is 30.0 Å². The van der Waals surface area contributed by atoms with Crippen LogP contribution in [0.4, 0.5) is 5.69 Å². The molecule has 0 bridgehead atoms. The van der Waals surface area contributed by atoms with Crippen molar-refractivity contribution in [3.63, 3.8) is 0 Å². The van der Waals surface area contributed by atoms with E-state index < -0.39 is 43.4 Å². The normalized spacial score (nSPS) is 15.3. The van der Waals surface area contributed by atoms with Gasteiger partial charge in [0.1, 0.15) is 0 Å². The first kappa shape index (κ1) is 19.8. The number of ether oxygens (including phenoxy) is 1. The molecule has 2 rings (SSSR count). The molecule has 1 aliphatic carbocycles. The number of amides is 1. The third-order valence-electron chi connectivity index (χ3n) is 4.16. The second kappa shape index (κ2) is 8.26. The quantitative estimate of drug-likeness (QED) is 0.329. The summed E-state index contributed by atoms with van der Waals surface area (Å²) in [5.74, 6) is -2.61. The second-order valence-electron chi connectivity index (χ2n) is 5.84. The molecule has 0 radical (unpaired) electrons. The van der Waals surface area contributed by atoms with Gasteiger partial charge in [-0.2, -0.15) is 0 Å². The van der Waals surface area contributed by atoms with E-state index in [2.05, 4.69) is 4.74 Å². The Kier molecular flexibility index (Phi) is 6.30. The Morgan fingerprint density at radius 2 is 1.85 bits per heavy atom. The number of carbonyl (C=O) groups is 2. The molecule has 0 spiro atoms. The molecule has 0 heterocycles. The minimum atomic E-state index is -4.60. The van der Waals surface area contributed by atoms with Gasteiger partial charge in [0.2, 0.25) is 0 Å². The van der Waals surface area contributed by atoms with E-state index in [-0.39, 0.29) is 6.61 Å². The molecular weight excluding hydrogens is 364 g/mol. The van der Waals surface area contributed by atoms with E-state index in [4.69, 9.17) is 0 Å². The molecule has 1 aromatic carbocycles. The summed E-state index contributed by atoms with van der Waals surface area (Å²) >= 11 is 0. The number of rotatable bonds is 5. The molecule has 9 nitrogen and oxygen atoms in total. The van der Waals surface area contributed by atoms with Crippen LogP contribution in [0, 0.1) is 10.1 Å². The maximum atomic E-state index is 13.1. The van der Waals surface area contributed by atoms with Crippen LogP contribution in [0.3, 0.4) is 0 Å². The highest BCUT2D eigenvalue weighted by atomic mass is 32.2. The van der Waals surface area contributed by atoms with Gasteiger partial charge < -0.3 is 4.74 Å². The minimum Gasteiger partial charge on any atom is -0.459 e. The van der Waals surface area contributed by atoms with Crippen molar-refractivity contribution < 1.29 is 27.7 Å². The fraction of sp³-hybridized carbons (Fsp3) is 0.500. The molecule has 142 valence electrons. The van der Waals surface area contributed by atoms with E-state index in [1.807, 2.05) is 0 Å². The van der Waals surface area contributed by atoms with E-state index in [1.54, 1.807) is 0 Å². The largest absolute Gasteiger partial charge is 0.459 e. The molecule has 1 fully saturated rings. The minimum absolute atomic E-state index is 0.0887. The molecule has 0 atom stereocenters. The Labute approximate surface area is 151 Å². The molecule has 1 saturated carbocycles. The Bertz CT molecular complexity index is 801. The fourth-order valence-electron chi connectivity index (χ4n) is 3.00. The van der Waals surface area contributed by atoms with Crippen LogP contribution in [0.5, 0.6) is 0 Å². The van der Waals surface area contributed by atoms with Crippen LogP contribution in [0.25, 0.3) is 0 Å². The molecule has 10 heteroatoms. The summed E-state index contributed by atoms with van der Waals surface area (Å²) in [4.78, 5) is 34.2. The molecule has 26 heavy (non-hydrogen) atoms. The second-order valence-corrected chi connectivity index (χ2v) is 7.63. The van der Waals surface area contributed by atoms with Gasteiger partial charge in [-0.25, -0.2) is 17.5 Å². The molecule has 1 aromatic rings. The zero-order chi connectivity index (χ0) is 19.3. The van der Waals surface area contributed by atoms with E-state index in [1.165, 1.54) is 19.1 Å². The van der Waals surface area contributed by atoms with Crippen molar-refractivity contribution in [2.75, 3.05) is 6.61 Å². The summed E-state index contributed by atoms with van der Waals surface area (Å²) in [5.41, 5.74) is -0.648. The summed E-state index contributed by atoms with van der Waals surface area (Å²) in [5, 5.41) is 11.2. The zero-order valence-corrected chi connectivity index (χ0v) is 15.1. The van der Waals surface area contributed by atoms with Gasteiger partial charge in [0.25, 0.3) is 15.7 Å². The highest BCUT2D eigenvalue weighted by Crippen LogP contribution is 2.32. The first-order chi connectivity index (χ1) is 12.3. The Balaban J connectivity index is 2.54. The summed E-state index contributed by atoms with van der Waals surface area (Å²) in [6.07, 6.45) is 3.08. The van der Waals surface area contributed by atoms with Crippen LogP contribution in [0.1, 0.15) is 39.0 Å². The number of para-hydroxylation sites is 1. The number of nitro groups is 1. The average molecular weight is 384 g/mol. The topological polar surface area (TPSA) is 124 Å². The maximum absolute atomic E-state index is 13.1. The van der Waals surface area contributed by atoms with Crippen LogP contribution >= 0.6 is 0 Å². The van der Waals surface area contributed by atoms with Gasteiger partial charge in [-0.3, -0.25) is 14.9 Å². The van der Waals surface area contributed by atoms with Crippen molar-refractivity contribution in [2.24, 2.45) is 0 Å². The fourth-order valence-corrected chi connectivity index (χ4v) is 4.77. The lowest BCUT2D eigenvalue weighted by Crippen LogP contribution is -2.49. The molecule has 0 aromatic heterocycles. The molecule has 0 aliphatic heterocycles. The average Bonchev–Trinajstić information content (AvgIpc) is 2.62. The standard InChI is InChI=1S/C16H20N2O7S/c1-2-25-16(20)15(19)17(12-8-4-3-5-9-12)26(23,24)14-11-7-6-10-13(14)18(21)22/h6-7,10-12H,2-5,8-9H2,1H3. The predicted octanol–water partition coefficient (Wildman–Crippen LogP) is 2.01. The third kappa shape index (κ3) is 4.01. The number of benzene rings is 1. The van der Waals surface area contributed by atoms with Crippen LogP contribution in [0.2, 0.25) is 0 Å². The van der Waals surface area contributed by atoms with Gasteiger partial charge in [-0.15, -0.1) is 0 Å². The number of esters is 1. The molecule has 0 N–H and O–H groups in total. The highest BCUT2D eigenvalue weighted by Gasteiger charge is 2.42. The number of nitro benzene ring substituents is 1. The van der Waals surface area contributed by atoms with Crippen molar-refractivity contribution in [3.05, 3.63) is 34.4 Å². The lowest BCUT2D eigenvalue weighted by atomic mass is 9.95. The van der Waals surface area contributed by atoms with E-state index >= 15 is 0 Å². The molecule has 1 aliphatic rings. The molecule has 0 unspecified atom stereocenters. The smallest absolute Gasteiger partial charge is 0.398 e. The first-order valence-corrected chi connectivity index (χ1v) is 9.73. The number of carbonyl (C=O) groups excluding carboxylic acids is 2. The Morgan fingerprint density at radius 3 is 2.42 bits per heavy atom. The lowest BCUT2D eigenvalue weighted by molar-refractivity contribution is -0.387. The summed E-state index contributed by atoms with van der Waals surface area (Å²) < 4.78 is 31.3. The predicted molar refractivity (Wildman–Crippen MR) is 90.6 cm³/mol. The summed E-state index contributed by atoms with van der Waals surface area (Å²) in [6.45, 7) is 1.40. The van der Waals surface area contributed by atoms with Crippen LogP contribution in [0.15, 0.2) is 29.2 Å². The van der Waals surface area contributed by atoms with Crippen molar-refractivity contribution in [3.8, 4) is 0 Å². The van der Waals surface area contributed by atoms with E-state index in [9.17, 15) is 28.1 Å². The van der Waals surface area contributed by atoms with Crippen molar-refractivity contribution in [1.29, 1.82) is 0 Å². The Hall–Kier alpha value is -2.49. The SMILES string of the molecule is CCOC(=O)C(=O)N(C1CCCCC1)S(=O)(=O)c1ccccc1[N+](=O)[O-]. The first-order valence-electron chi connectivity index (χ1n) is 8.29. The third-order valence-corrected chi connectivity index (χ3v) is 6.04. The number of hydrogen-bond donors (Lipinski definition) is 0. The summed E-state index contributed by atoms with van der Waals surface area (Å²) in [6, 6.07) is 4.02. The van der Waals surface area contributed by atoms with Gasteiger partial charge in [0.05, 0.1) is 11.5 Å². The van der Waals surface area contributed by atoms with Crippen LogP contribution in [-0.4, -0.2) is 42.2 Å². The number of sulfonamides is 1. The highest BCUT2D eigenvalue weighted by molar-refractivity contribution is 7.90. The van der Waals surface area contributed by atoms with Crippen molar-refractivity contribution >= 4 is 27.6 Å². The van der Waals surface area contributed by atoms with Crippen molar-refractivity contribution in [2.45, 2.75) is 50.0 Å². The van der Waals surface area contributed by atoms with Gasteiger partial charge in [-0.1, -0.05) is 31.4 Å². The monoisotopic (exact) mass is 384 g/mol. The summed E-state index contributed by atoms with van der Waals surface area (Å²) in [7, 11) is -4.60. The zero-order valence-electron chi connectivity index (χ0n) is 14.3. The van der Waals surface area contributed by atoms with Gasteiger partial charge >= 0.3 is 11.9 Å².